The van der Waals surface area contributed by atoms with Crippen molar-refractivity contribution < 1.29 is 4.42 Å². The summed E-state index contributed by atoms with van der Waals surface area (Å²) in [6, 6.07) is 78.9. The number of benzene rings is 9. The smallest absolute Gasteiger partial charge is 0.160 e. The number of furan rings is 1. The molecule has 0 fully saturated rings. The highest BCUT2D eigenvalue weighted by molar-refractivity contribution is 6.09. The summed E-state index contributed by atoms with van der Waals surface area (Å²) >= 11 is 0. The molecule has 3 nitrogen and oxygen atoms in total. The lowest BCUT2D eigenvalue weighted by molar-refractivity contribution is 0.563. The van der Waals surface area contributed by atoms with Gasteiger partial charge in [-0.05, 0) is 85.5 Å². The first-order valence-electron chi connectivity index (χ1n) is 22.5. The molecule has 0 aliphatic heterocycles. The molecule has 3 heteroatoms. The third kappa shape index (κ3) is 5.55. The molecule has 0 unspecified atom stereocenters. The molecule has 2 aliphatic carbocycles. The highest BCUT2D eigenvalue weighted by Gasteiger charge is 2.53. The predicted octanol–water partition coefficient (Wildman–Crippen LogP) is 15.7. The summed E-state index contributed by atoms with van der Waals surface area (Å²) in [5, 5.41) is 2.25. The zero-order chi connectivity index (χ0) is 43.3. The Labute approximate surface area is 378 Å². The number of hydrogen-bond donors (Lipinski definition) is 0. The SMILES string of the molecule is CC1(C)c2ccccc2C2(c3ccccc3-c3ccc(-c4cccc(-c5nc(-c6ccccc6)cc(-c6ccc(-c7cccc8c7oc7ccccc78)cc6)n5)c4)cc32)c2ccccc21. The standard InChI is InChI=1S/C62H42N2O/c1-61(2)51-25-9-11-27-53(51)62(54-28-12-10-26-52(54)61)50-24-8-6-20-46(50)47-35-34-43(37-55(47)62)42-18-14-19-44(36-42)60-63-56(40-16-4-3-5-17-40)38-57(64-60)41-32-30-39(31-33-41)45-22-15-23-49-48-21-7-13-29-58(48)65-59(45)49/h3-38H,1-2H3. The van der Waals surface area contributed by atoms with Crippen LogP contribution in [-0.2, 0) is 10.8 Å². The van der Waals surface area contributed by atoms with E-state index >= 15 is 0 Å². The van der Waals surface area contributed by atoms with Crippen molar-refractivity contribution in [3.05, 3.63) is 252 Å². The van der Waals surface area contributed by atoms with E-state index in [1.165, 1.54) is 44.5 Å². The van der Waals surface area contributed by atoms with E-state index in [9.17, 15) is 0 Å². The molecule has 0 atom stereocenters. The molecule has 13 rings (SSSR count). The van der Waals surface area contributed by atoms with Gasteiger partial charge in [-0.25, -0.2) is 9.97 Å². The van der Waals surface area contributed by atoms with Crippen LogP contribution in [0.4, 0.5) is 0 Å². The Morgan fingerprint density at radius 1 is 0.338 bits per heavy atom. The Kier molecular flexibility index (Phi) is 8.17. The molecule has 2 heterocycles. The van der Waals surface area contributed by atoms with Gasteiger partial charge in [0, 0.05) is 38.4 Å². The van der Waals surface area contributed by atoms with Crippen LogP contribution in [0.25, 0.3) is 89.2 Å². The zero-order valence-corrected chi connectivity index (χ0v) is 36.1. The van der Waals surface area contributed by atoms with Crippen LogP contribution in [0.3, 0.4) is 0 Å². The molecule has 0 amide bonds. The zero-order valence-electron chi connectivity index (χ0n) is 36.1. The molecule has 0 saturated carbocycles. The Hall–Kier alpha value is -8.14. The molecular weight excluding hydrogens is 789 g/mol. The molecule has 0 N–H and O–H groups in total. The lowest BCUT2D eigenvalue weighted by Crippen LogP contribution is -2.40. The summed E-state index contributed by atoms with van der Waals surface area (Å²) in [6.07, 6.45) is 0. The summed E-state index contributed by atoms with van der Waals surface area (Å²) in [5.41, 5.74) is 21.1. The molecular formula is C62H42N2O. The second-order valence-electron chi connectivity index (χ2n) is 18.0. The Morgan fingerprint density at radius 3 is 1.60 bits per heavy atom. The average Bonchev–Trinajstić information content (AvgIpc) is 3.90. The second-order valence-corrected chi connectivity index (χ2v) is 18.0. The van der Waals surface area contributed by atoms with Crippen molar-refractivity contribution in [2.24, 2.45) is 0 Å². The minimum Gasteiger partial charge on any atom is -0.455 e. The van der Waals surface area contributed by atoms with Gasteiger partial charge in [-0.15, -0.1) is 0 Å². The van der Waals surface area contributed by atoms with Crippen LogP contribution < -0.4 is 0 Å². The first kappa shape index (κ1) is 37.4. The highest BCUT2D eigenvalue weighted by Crippen LogP contribution is 2.62. The minimum atomic E-state index is -0.460. The second kappa shape index (κ2) is 14.2. The topological polar surface area (TPSA) is 38.9 Å². The van der Waals surface area contributed by atoms with Crippen LogP contribution in [0, 0.1) is 0 Å². The third-order valence-corrected chi connectivity index (χ3v) is 14.2. The number of fused-ring (bicyclic) bond motifs is 12. The molecule has 0 saturated heterocycles. The van der Waals surface area contributed by atoms with Crippen LogP contribution in [0.1, 0.15) is 47.2 Å². The quantitative estimate of drug-likeness (QED) is 0.173. The van der Waals surface area contributed by atoms with E-state index < -0.39 is 5.41 Å². The van der Waals surface area contributed by atoms with Crippen LogP contribution in [0.15, 0.2) is 223 Å². The van der Waals surface area contributed by atoms with Crippen molar-refractivity contribution >= 4 is 21.9 Å². The fourth-order valence-electron chi connectivity index (χ4n) is 11.2. The summed E-state index contributed by atoms with van der Waals surface area (Å²) in [4.78, 5) is 10.6. The van der Waals surface area contributed by atoms with E-state index in [1.807, 2.05) is 18.2 Å². The number of nitrogens with zero attached hydrogens (tertiary/aromatic N) is 2. The maximum atomic E-state index is 6.40. The molecule has 65 heavy (non-hydrogen) atoms. The Balaban J connectivity index is 0.935. The molecule has 0 radical (unpaired) electrons. The fraction of sp³-hybridized carbons (Fsp3) is 0.0645. The van der Waals surface area contributed by atoms with Crippen LogP contribution in [0.2, 0.25) is 0 Å². The van der Waals surface area contributed by atoms with Crippen molar-refractivity contribution in [1.29, 1.82) is 0 Å². The van der Waals surface area contributed by atoms with Crippen molar-refractivity contribution in [2.45, 2.75) is 24.7 Å². The van der Waals surface area contributed by atoms with Gasteiger partial charge in [0.05, 0.1) is 16.8 Å². The molecule has 2 aromatic heterocycles. The first-order chi connectivity index (χ1) is 32.0. The number of para-hydroxylation sites is 2. The minimum absolute atomic E-state index is 0.151. The summed E-state index contributed by atoms with van der Waals surface area (Å²) < 4.78 is 6.40. The number of hydrogen-bond acceptors (Lipinski definition) is 3. The van der Waals surface area contributed by atoms with Crippen LogP contribution in [-0.4, -0.2) is 9.97 Å². The maximum Gasteiger partial charge on any atom is 0.160 e. The maximum absolute atomic E-state index is 6.40. The average molecular weight is 831 g/mol. The van der Waals surface area contributed by atoms with Crippen molar-refractivity contribution in [3.63, 3.8) is 0 Å². The summed E-state index contributed by atoms with van der Waals surface area (Å²) in [6.45, 7) is 4.75. The number of rotatable bonds is 5. The van der Waals surface area contributed by atoms with E-state index in [0.717, 1.165) is 72.3 Å². The van der Waals surface area contributed by atoms with E-state index in [-0.39, 0.29) is 5.41 Å². The summed E-state index contributed by atoms with van der Waals surface area (Å²) in [5.74, 6) is 0.682. The van der Waals surface area contributed by atoms with Crippen LogP contribution >= 0.6 is 0 Å². The van der Waals surface area contributed by atoms with Gasteiger partial charge in [0.2, 0.25) is 0 Å². The van der Waals surface area contributed by atoms with Gasteiger partial charge in [0.1, 0.15) is 11.2 Å². The van der Waals surface area contributed by atoms with Gasteiger partial charge < -0.3 is 4.42 Å². The normalized spacial score (nSPS) is 13.9. The van der Waals surface area contributed by atoms with Gasteiger partial charge in [-0.2, -0.15) is 0 Å². The van der Waals surface area contributed by atoms with Gasteiger partial charge in [0.15, 0.2) is 5.82 Å². The predicted molar refractivity (Wildman–Crippen MR) is 266 cm³/mol. The first-order valence-corrected chi connectivity index (χ1v) is 22.5. The molecule has 0 bridgehead atoms. The van der Waals surface area contributed by atoms with E-state index in [0.29, 0.717) is 5.82 Å². The molecule has 9 aromatic carbocycles. The van der Waals surface area contributed by atoms with E-state index in [1.54, 1.807) is 0 Å². The fourth-order valence-corrected chi connectivity index (χ4v) is 11.2. The van der Waals surface area contributed by atoms with Crippen LogP contribution in [0.5, 0.6) is 0 Å². The largest absolute Gasteiger partial charge is 0.455 e. The van der Waals surface area contributed by atoms with Gasteiger partial charge in [-0.1, -0.05) is 208 Å². The molecule has 306 valence electrons. The lowest BCUT2D eigenvalue weighted by atomic mass is 9.55. The van der Waals surface area contributed by atoms with Gasteiger partial charge >= 0.3 is 0 Å². The summed E-state index contributed by atoms with van der Waals surface area (Å²) in [7, 11) is 0. The van der Waals surface area contributed by atoms with E-state index in [2.05, 4.69) is 214 Å². The van der Waals surface area contributed by atoms with Gasteiger partial charge in [-0.3, -0.25) is 0 Å². The monoisotopic (exact) mass is 830 g/mol. The highest BCUT2D eigenvalue weighted by atomic mass is 16.3. The Bertz CT molecular complexity index is 3640. The Morgan fingerprint density at radius 2 is 0.846 bits per heavy atom. The molecule has 11 aromatic rings. The number of aromatic nitrogens is 2. The molecule has 1 spiro atoms. The van der Waals surface area contributed by atoms with Crippen molar-refractivity contribution in [1.82, 2.24) is 9.97 Å². The van der Waals surface area contributed by atoms with Crippen molar-refractivity contribution in [2.75, 3.05) is 0 Å². The lowest BCUT2D eigenvalue weighted by Gasteiger charge is -2.46. The third-order valence-electron chi connectivity index (χ3n) is 14.2. The van der Waals surface area contributed by atoms with E-state index in [4.69, 9.17) is 14.4 Å². The molecule has 2 aliphatic rings. The van der Waals surface area contributed by atoms with Crippen molar-refractivity contribution in [3.8, 4) is 67.3 Å². The van der Waals surface area contributed by atoms with Gasteiger partial charge in [0.25, 0.3) is 0 Å².